The molecule has 0 amide bonds. The largest absolute Gasteiger partial charge is 0.465 e. The molecule has 0 saturated heterocycles. The van der Waals surface area contributed by atoms with Crippen molar-refractivity contribution in [1.29, 1.82) is 0 Å². The lowest BCUT2D eigenvalue weighted by Gasteiger charge is -2.22. The van der Waals surface area contributed by atoms with Crippen LogP contribution in [0.2, 0.25) is 0 Å². The Bertz CT molecular complexity index is 247. The highest BCUT2D eigenvalue weighted by Gasteiger charge is 2.39. The molecule has 1 N–H and O–H groups in total. The molecule has 5 nitrogen and oxygen atoms in total. The summed E-state index contributed by atoms with van der Waals surface area (Å²) in [4.78, 5) is 23.1. The molecule has 0 aliphatic rings. The smallest absolute Gasteiger partial charge is 0.323 e. The number of rotatable bonds is 6. The minimum atomic E-state index is -1.31. The van der Waals surface area contributed by atoms with Crippen molar-refractivity contribution in [3.8, 4) is 0 Å². The first kappa shape index (κ1) is 14.9. The summed E-state index contributed by atoms with van der Waals surface area (Å²) in [6.07, 6.45) is -0.0591. The summed E-state index contributed by atoms with van der Waals surface area (Å²) < 4.78 is 9.80. The summed E-state index contributed by atoms with van der Waals surface area (Å²) in [6, 6.07) is 0. The van der Waals surface area contributed by atoms with Crippen LogP contribution < -0.4 is 0 Å². The number of ether oxygens (including phenoxy) is 2. The van der Waals surface area contributed by atoms with E-state index in [9.17, 15) is 9.59 Å². The molecule has 5 heteroatoms. The Labute approximate surface area is 95.7 Å². The van der Waals surface area contributed by atoms with Gasteiger partial charge in [-0.3, -0.25) is 9.59 Å². The van der Waals surface area contributed by atoms with E-state index in [-0.39, 0.29) is 13.2 Å². The second-order valence-electron chi connectivity index (χ2n) is 4.07. The maximum atomic E-state index is 11.7. The van der Waals surface area contributed by atoms with Gasteiger partial charge in [0.1, 0.15) is 6.10 Å². The van der Waals surface area contributed by atoms with Crippen molar-refractivity contribution in [2.45, 2.75) is 40.2 Å². The first-order valence-electron chi connectivity index (χ1n) is 5.35. The lowest BCUT2D eigenvalue weighted by molar-refractivity contribution is -0.172. The number of carbonyl (C=O) groups is 2. The average molecular weight is 232 g/mol. The molecule has 94 valence electrons. The van der Waals surface area contributed by atoms with Crippen molar-refractivity contribution in [3.05, 3.63) is 0 Å². The van der Waals surface area contributed by atoms with Crippen LogP contribution in [0.3, 0.4) is 0 Å². The van der Waals surface area contributed by atoms with E-state index in [1.54, 1.807) is 13.8 Å². The van der Waals surface area contributed by atoms with Gasteiger partial charge in [-0.15, -0.1) is 0 Å². The fourth-order valence-corrected chi connectivity index (χ4v) is 0.966. The van der Waals surface area contributed by atoms with Crippen molar-refractivity contribution in [2.75, 3.05) is 13.2 Å². The number of aliphatic hydroxyl groups is 1. The molecular weight excluding hydrogens is 212 g/mol. The normalized spacial score (nSPS) is 13.1. The molecule has 0 aromatic rings. The van der Waals surface area contributed by atoms with E-state index in [2.05, 4.69) is 0 Å². The molecule has 0 aliphatic carbocycles. The van der Waals surface area contributed by atoms with Crippen LogP contribution in [-0.4, -0.2) is 36.4 Å². The van der Waals surface area contributed by atoms with Crippen molar-refractivity contribution in [3.63, 3.8) is 0 Å². The van der Waals surface area contributed by atoms with E-state index in [0.29, 0.717) is 6.42 Å². The molecule has 0 aromatic carbocycles. The molecule has 16 heavy (non-hydrogen) atoms. The third kappa shape index (κ3) is 4.18. The molecule has 0 saturated carbocycles. The van der Waals surface area contributed by atoms with Gasteiger partial charge in [-0.2, -0.15) is 0 Å². The van der Waals surface area contributed by atoms with Crippen molar-refractivity contribution < 1.29 is 24.2 Å². The fraction of sp³-hybridized carbons (Fsp3) is 0.818. The van der Waals surface area contributed by atoms with E-state index < -0.39 is 23.5 Å². The molecule has 1 atom stereocenters. The van der Waals surface area contributed by atoms with Gasteiger partial charge in [-0.1, -0.05) is 0 Å². The fourth-order valence-electron chi connectivity index (χ4n) is 0.966. The van der Waals surface area contributed by atoms with Crippen molar-refractivity contribution in [2.24, 2.45) is 5.41 Å². The van der Waals surface area contributed by atoms with Crippen LogP contribution in [0.25, 0.3) is 0 Å². The number of carbonyl (C=O) groups excluding carboxylic acids is 2. The van der Waals surface area contributed by atoms with E-state index in [1.807, 2.05) is 0 Å². The van der Waals surface area contributed by atoms with Crippen LogP contribution in [-0.2, 0) is 19.1 Å². The summed E-state index contributed by atoms with van der Waals surface area (Å²) in [5.41, 5.74) is -1.31. The predicted octanol–water partition coefficient (Wildman–Crippen LogP) is 0.890. The van der Waals surface area contributed by atoms with E-state index in [0.717, 1.165) is 0 Å². The Hall–Kier alpha value is -1.10. The number of hydrogen-bond donors (Lipinski definition) is 1. The summed E-state index contributed by atoms with van der Waals surface area (Å²) in [7, 11) is 0. The van der Waals surface area contributed by atoms with Crippen molar-refractivity contribution in [1.82, 2.24) is 0 Å². The van der Waals surface area contributed by atoms with E-state index in [1.165, 1.54) is 13.8 Å². The Balaban J connectivity index is 4.39. The van der Waals surface area contributed by atoms with Gasteiger partial charge in [0.05, 0.1) is 6.61 Å². The third-order valence-corrected chi connectivity index (χ3v) is 2.14. The standard InChI is InChI=1S/C11H20O5/c1-5-15-9(13)11(3,4)10(14)16-8(2)6-7-12/h8,12H,5-7H2,1-4H3. The van der Waals surface area contributed by atoms with Gasteiger partial charge in [0, 0.05) is 13.0 Å². The lowest BCUT2D eigenvalue weighted by Crippen LogP contribution is -2.38. The minimum absolute atomic E-state index is 0.0612. The highest BCUT2D eigenvalue weighted by atomic mass is 16.6. The van der Waals surface area contributed by atoms with Gasteiger partial charge >= 0.3 is 11.9 Å². The van der Waals surface area contributed by atoms with E-state index >= 15 is 0 Å². The summed E-state index contributed by atoms with van der Waals surface area (Å²) in [6.45, 7) is 6.41. The van der Waals surface area contributed by atoms with Crippen LogP contribution in [0.4, 0.5) is 0 Å². The first-order chi connectivity index (χ1) is 7.36. The number of hydrogen-bond acceptors (Lipinski definition) is 5. The maximum Gasteiger partial charge on any atom is 0.323 e. The zero-order valence-electron chi connectivity index (χ0n) is 10.3. The minimum Gasteiger partial charge on any atom is -0.465 e. The molecule has 0 spiro atoms. The Morgan fingerprint density at radius 2 is 1.88 bits per heavy atom. The Kier molecular flexibility index (Phi) is 6.03. The molecule has 0 rings (SSSR count). The SMILES string of the molecule is CCOC(=O)C(C)(C)C(=O)OC(C)CCO. The van der Waals surface area contributed by atoms with E-state index in [4.69, 9.17) is 14.6 Å². The summed E-state index contributed by atoms with van der Waals surface area (Å²) in [5.74, 6) is -1.23. The second-order valence-corrected chi connectivity index (χ2v) is 4.07. The first-order valence-corrected chi connectivity index (χ1v) is 5.35. The van der Waals surface area contributed by atoms with Crippen LogP contribution in [0.1, 0.15) is 34.1 Å². The van der Waals surface area contributed by atoms with Crippen LogP contribution >= 0.6 is 0 Å². The third-order valence-electron chi connectivity index (χ3n) is 2.14. The summed E-state index contributed by atoms with van der Waals surface area (Å²) in [5, 5.41) is 8.66. The maximum absolute atomic E-state index is 11.7. The highest BCUT2D eigenvalue weighted by Crippen LogP contribution is 2.20. The quantitative estimate of drug-likeness (QED) is 0.544. The predicted molar refractivity (Wildman–Crippen MR) is 57.7 cm³/mol. The lowest BCUT2D eigenvalue weighted by atomic mass is 9.94. The zero-order valence-corrected chi connectivity index (χ0v) is 10.3. The van der Waals surface area contributed by atoms with Gasteiger partial charge in [0.2, 0.25) is 0 Å². The Morgan fingerprint density at radius 3 is 2.31 bits per heavy atom. The van der Waals surface area contributed by atoms with Gasteiger partial charge in [-0.25, -0.2) is 0 Å². The van der Waals surface area contributed by atoms with Crippen LogP contribution in [0.15, 0.2) is 0 Å². The van der Waals surface area contributed by atoms with Gasteiger partial charge < -0.3 is 14.6 Å². The average Bonchev–Trinajstić information content (AvgIpc) is 2.18. The topological polar surface area (TPSA) is 72.8 Å². The zero-order chi connectivity index (χ0) is 12.8. The van der Waals surface area contributed by atoms with Crippen molar-refractivity contribution >= 4 is 11.9 Å². The monoisotopic (exact) mass is 232 g/mol. The molecule has 1 unspecified atom stereocenters. The molecule has 0 fully saturated rings. The number of esters is 2. The van der Waals surface area contributed by atoms with Crippen LogP contribution in [0, 0.1) is 5.41 Å². The molecular formula is C11H20O5. The molecule has 0 aromatic heterocycles. The highest BCUT2D eigenvalue weighted by molar-refractivity contribution is 5.99. The molecule has 0 radical (unpaired) electrons. The summed E-state index contributed by atoms with van der Waals surface area (Å²) >= 11 is 0. The van der Waals surface area contributed by atoms with Crippen LogP contribution in [0.5, 0.6) is 0 Å². The van der Waals surface area contributed by atoms with Gasteiger partial charge in [0.25, 0.3) is 0 Å². The van der Waals surface area contributed by atoms with Gasteiger partial charge in [0.15, 0.2) is 5.41 Å². The molecule has 0 bridgehead atoms. The number of aliphatic hydroxyl groups excluding tert-OH is 1. The molecule has 0 heterocycles. The van der Waals surface area contributed by atoms with Gasteiger partial charge in [-0.05, 0) is 27.7 Å². The Morgan fingerprint density at radius 1 is 1.31 bits per heavy atom. The molecule has 0 aliphatic heterocycles. The second kappa shape index (κ2) is 6.48.